The highest BCUT2D eigenvalue weighted by atomic mass is 16.3. The molecule has 2 heteroatoms. The van der Waals surface area contributed by atoms with E-state index in [4.69, 9.17) is 0 Å². The van der Waals surface area contributed by atoms with Crippen LogP contribution in [0.2, 0.25) is 0 Å². The fourth-order valence-electron chi connectivity index (χ4n) is 9.41. The molecule has 0 amide bonds. The van der Waals surface area contributed by atoms with Gasteiger partial charge in [-0.05, 0) is 118 Å². The number of carbonyl (C=O) groups is 1. The van der Waals surface area contributed by atoms with Gasteiger partial charge in [-0.1, -0.05) is 37.1 Å². The van der Waals surface area contributed by atoms with Crippen LogP contribution in [0.25, 0.3) is 0 Å². The summed E-state index contributed by atoms with van der Waals surface area (Å²) in [5.41, 5.74) is 3.61. The number of Topliss-reactive ketones (excluding diaryl/α,β-unsaturated/α-hetero) is 1. The lowest BCUT2D eigenvalue weighted by Crippen LogP contribution is -2.52. The van der Waals surface area contributed by atoms with Gasteiger partial charge in [0.1, 0.15) is 5.78 Å². The van der Waals surface area contributed by atoms with Gasteiger partial charge in [-0.15, -0.1) is 0 Å². The first kappa shape index (κ1) is 21.9. The molecule has 0 aromatic heterocycles. The van der Waals surface area contributed by atoms with Gasteiger partial charge in [0.2, 0.25) is 0 Å². The van der Waals surface area contributed by atoms with Crippen molar-refractivity contribution in [2.24, 2.45) is 45.8 Å². The molecule has 31 heavy (non-hydrogen) atoms. The summed E-state index contributed by atoms with van der Waals surface area (Å²) >= 11 is 0. The highest BCUT2D eigenvalue weighted by Crippen LogP contribution is 2.72. The van der Waals surface area contributed by atoms with Crippen molar-refractivity contribution in [1.29, 1.82) is 0 Å². The zero-order valence-corrected chi connectivity index (χ0v) is 20.4. The summed E-state index contributed by atoms with van der Waals surface area (Å²) in [7, 11) is 0. The molecule has 0 aromatic carbocycles. The number of hydrogen-bond acceptors (Lipinski definition) is 2. The molecule has 0 bridgehead atoms. The van der Waals surface area contributed by atoms with E-state index in [1.807, 2.05) is 0 Å². The van der Waals surface area contributed by atoms with E-state index in [2.05, 4.69) is 39.8 Å². The van der Waals surface area contributed by atoms with E-state index >= 15 is 0 Å². The summed E-state index contributed by atoms with van der Waals surface area (Å²) in [4.78, 5) is 12.8. The molecule has 0 unspecified atom stereocenters. The van der Waals surface area contributed by atoms with Crippen molar-refractivity contribution in [3.8, 4) is 0 Å². The van der Waals surface area contributed by atoms with E-state index in [1.165, 1.54) is 37.7 Å². The molecule has 2 nitrogen and oxygen atoms in total. The maximum absolute atomic E-state index is 12.8. The van der Waals surface area contributed by atoms with Crippen molar-refractivity contribution >= 4 is 5.78 Å². The molecule has 7 atom stereocenters. The second-order valence-electron chi connectivity index (χ2n) is 12.7. The van der Waals surface area contributed by atoms with Crippen molar-refractivity contribution < 1.29 is 9.90 Å². The normalized spacial score (nSPS) is 43.5. The molecule has 0 heterocycles. The summed E-state index contributed by atoms with van der Waals surface area (Å²) in [6, 6.07) is 0. The second kappa shape index (κ2) is 7.57. The Morgan fingerprint density at radius 2 is 1.90 bits per heavy atom. The SMILES string of the molecule is CC(C)=CCC[C@@H](CO)[C@H]1CC[C@H]2[C@@H]3CC=C4C5(CC5)C(=O)CC[C@]4(C)[C@H]3CC[C@]12C. The lowest BCUT2D eigenvalue weighted by molar-refractivity contribution is -0.128. The van der Waals surface area contributed by atoms with Crippen LogP contribution in [-0.2, 0) is 4.79 Å². The second-order valence-corrected chi connectivity index (χ2v) is 12.7. The molecular formula is C29H44O2. The topological polar surface area (TPSA) is 37.3 Å². The molecule has 1 spiro atoms. The van der Waals surface area contributed by atoms with E-state index in [0.29, 0.717) is 29.6 Å². The van der Waals surface area contributed by atoms with Crippen molar-refractivity contribution in [3.05, 3.63) is 23.3 Å². The standard InChI is InChI=1S/C29H44O2/c1-19(2)6-5-7-20(18-30)22-9-10-23-21-8-11-25-28(4,24(21)12-14-27(22,23)3)15-13-26(31)29(25)16-17-29/h6,11,20-24,30H,5,7-10,12-18H2,1-4H3/t20-,21-,22+,23-,24-,27+,28+/m0/s1. The first-order valence-electron chi connectivity index (χ1n) is 13.2. The number of ketones is 1. The van der Waals surface area contributed by atoms with Crippen LogP contribution >= 0.6 is 0 Å². The summed E-state index contributed by atoms with van der Waals surface area (Å²) < 4.78 is 0. The van der Waals surface area contributed by atoms with E-state index in [1.54, 1.807) is 5.57 Å². The van der Waals surface area contributed by atoms with Gasteiger partial charge >= 0.3 is 0 Å². The molecular weight excluding hydrogens is 380 g/mol. The summed E-state index contributed by atoms with van der Waals surface area (Å²) in [5.74, 6) is 4.05. The number of hydrogen-bond donors (Lipinski definition) is 1. The Morgan fingerprint density at radius 1 is 1.13 bits per heavy atom. The fraction of sp³-hybridized carbons (Fsp3) is 0.828. The Labute approximate surface area is 190 Å². The van der Waals surface area contributed by atoms with Gasteiger partial charge in [0.25, 0.3) is 0 Å². The molecule has 4 fully saturated rings. The molecule has 4 saturated carbocycles. The van der Waals surface area contributed by atoms with Crippen LogP contribution in [0.4, 0.5) is 0 Å². The van der Waals surface area contributed by atoms with Crippen LogP contribution in [0.1, 0.15) is 98.3 Å². The fourth-order valence-corrected chi connectivity index (χ4v) is 9.41. The summed E-state index contributed by atoms with van der Waals surface area (Å²) in [5, 5.41) is 10.3. The van der Waals surface area contributed by atoms with Crippen LogP contribution < -0.4 is 0 Å². The zero-order valence-electron chi connectivity index (χ0n) is 20.4. The van der Waals surface area contributed by atoms with Gasteiger partial charge in [0.05, 0.1) is 5.41 Å². The Kier molecular flexibility index (Phi) is 5.36. The van der Waals surface area contributed by atoms with E-state index in [9.17, 15) is 9.90 Å². The van der Waals surface area contributed by atoms with Gasteiger partial charge in [-0.25, -0.2) is 0 Å². The lowest BCUT2D eigenvalue weighted by Gasteiger charge is -2.59. The van der Waals surface area contributed by atoms with Crippen LogP contribution in [0.5, 0.6) is 0 Å². The van der Waals surface area contributed by atoms with Crippen molar-refractivity contribution in [2.45, 2.75) is 98.3 Å². The molecule has 5 rings (SSSR count). The highest BCUT2D eigenvalue weighted by molar-refractivity contribution is 5.92. The third kappa shape index (κ3) is 3.17. The molecule has 0 aromatic rings. The Bertz CT molecular complexity index is 798. The summed E-state index contributed by atoms with van der Waals surface area (Å²) in [6.45, 7) is 9.83. The van der Waals surface area contributed by atoms with E-state index < -0.39 is 0 Å². The number of aliphatic hydroxyl groups is 1. The smallest absolute Gasteiger partial charge is 0.143 e. The quantitative estimate of drug-likeness (QED) is 0.488. The molecule has 0 saturated heterocycles. The number of rotatable bonds is 5. The monoisotopic (exact) mass is 424 g/mol. The minimum absolute atomic E-state index is 0.0240. The van der Waals surface area contributed by atoms with E-state index in [-0.39, 0.29) is 10.8 Å². The van der Waals surface area contributed by atoms with Crippen molar-refractivity contribution in [2.75, 3.05) is 6.61 Å². The predicted molar refractivity (Wildman–Crippen MR) is 126 cm³/mol. The Morgan fingerprint density at radius 3 is 2.58 bits per heavy atom. The number of carbonyl (C=O) groups excluding carboxylic acids is 1. The minimum Gasteiger partial charge on any atom is -0.396 e. The van der Waals surface area contributed by atoms with Crippen LogP contribution in [-0.4, -0.2) is 17.5 Å². The third-order valence-corrected chi connectivity index (χ3v) is 11.1. The number of allylic oxidation sites excluding steroid dienone is 4. The minimum atomic E-state index is -0.0240. The first-order chi connectivity index (χ1) is 14.8. The van der Waals surface area contributed by atoms with Crippen LogP contribution in [0.3, 0.4) is 0 Å². The molecule has 0 aliphatic heterocycles. The first-order valence-corrected chi connectivity index (χ1v) is 13.2. The maximum atomic E-state index is 12.8. The third-order valence-electron chi connectivity index (χ3n) is 11.1. The van der Waals surface area contributed by atoms with Crippen molar-refractivity contribution in [3.63, 3.8) is 0 Å². The Balaban J connectivity index is 1.39. The molecule has 1 N–H and O–H groups in total. The molecule has 0 radical (unpaired) electrons. The predicted octanol–water partition coefficient (Wildman–Crippen LogP) is 6.88. The molecule has 5 aliphatic carbocycles. The summed E-state index contributed by atoms with van der Waals surface area (Å²) in [6.07, 6.45) is 17.8. The zero-order chi connectivity index (χ0) is 22.0. The van der Waals surface area contributed by atoms with E-state index in [0.717, 1.165) is 56.3 Å². The number of fused-ring (bicyclic) bond motifs is 6. The van der Waals surface area contributed by atoms with Gasteiger partial charge in [0.15, 0.2) is 0 Å². The van der Waals surface area contributed by atoms with Gasteiger partial charge in [0, 0.05) is 13.0 Å². The Hall–Kier alpha value is -0.890. The van der Waals surface area contributed by atoms with Gasteiger partial charge < -0.3 is 5.11 Å². The largest absolute Gasteiger partial charge is 0.396 e. The van der Waals surface area contributed by atoms with Gasteiger partial charge in [-0.2, -0.15) is 0 Å². The molecule has 172 valence electrons. The van der Waals surface area contributed by atoms with Crippen molar-refractivity contribution in [1.82, 2.24) is 0 Å². The average Bonchev–Trinajstić information content (AvgIpc) is 3.44. The van der Waals surface area contributed by atoms with Crippen LogP contribution in [0.15, 0.2) is 23.3 Å². The molecule has 5 aliphatic rings. The number of aliphatic hydroxyl groups excluding tert-OH is 1. The van der Waals surface area contributed by atoms with Crippen LogP contribution in [0, 0.1) is 45.8 Å². The average molecular weight is 425 g/mol. The highest BCUT2D eigenvalue weighted by Gasteiger charge is 2.65. The maximum Gasteiger partial charge on any atom is 0.143 e. The van der Waals surface area contributed by atoms with Gasteiger partial charge in [-0.3, -0.25) is 4.79 Å². The lowest BCUT2D eigenvalue weighted by atomic mass is 9.45.